The molecule has 5 heteroatoms. The summed E-state index contributed by atoms with van der Waals surface area (Å²) in [5.74, 6) is 1.79. The summed E-state index contributed by atoms with van der Waals surface area (Å²) in [5.41, 5.74) is 3.49. The molecule has 1 unspecified atom stereocenters. The average molecular weight is 415 g/mol. The second kappa shape index (κ2) is 10.7. The van der Waals surface area contributed by atoms with E-state index in [1.54, 1.807) is 0 Å². The summed E-state index contributed by atoms with van der Waals surface area (Å²) >= 11 is 0. The largest absolute Gasteiger partial charge is 0.493 e. The minimum Gasteiger partial charge on any atom is -0.493 e. The molecule has 0 aliphatic carbocycles. The van der Waals surface area contributed by atoms with E-state index in [-0.39, 0.29) is 24.4 Å². The van der Waals surface area contributed by atoms with Gasteiger partial charge in [0.1, 0.15) is 5.75 Å². The fourth-order valence-electron chi connectivity index (χ4n) is 4.30. The first-order chi connectivity index (χ1) is 13.8. The molecule has 1 amide bonds. The van der Waals surface area contributed by atoms with Crippen LogP contribution in [0.5, 0.6) is 5.75 Å². The van der Waals surface area contributed by atoms with E-state index in [2.05, 4.69) is 41.0 Å². The van der Waals surface area contributed by atoms with Crippen LogP contribution in [-0.4, -0.2) is 25.6 Å². The Hall–Kier alpha value is -2.04. The van der Waals surface area contributed by atoms with Gasteiger partial charge in [-0.05, 0) is 79.9 Å². The molecule has 2 aromatic rings. The summed E-state index contributed by atoms with van der Waals surface area (Å²) in [5, 5.41) is 6.69. The van der Waals surface area contributed by atoms with Gasteiger partial charge in [-0.25, -0.2) is 0 Å². The van der Waals surface area contributed by atoms with Crippen LogP contribution < -0.4 is 15.4 Å². The van der Waals surface area contributed by atoms with Crippen LogP contribution >= 0.6 is 12.4 Å². The maximum Gasteiger partial charge on any atom is 0.220 e. The summed E-state index contributed by atoms with van der Waals surface area (Å²) in [6.07, 6.45) is 6.03. The Bertz CT molecular complexity index is 791. The summed E-state index contributed by atoms with van der Waals surface area (Å²) in [6, 6.07) is 16.5. The maximum absolute atomic E-state index is 12.8. The van der Waals surface area contributed by atoms with Crippen molar-refractivity contribution in [1.82, 2.24) is 10.6 Å². The molecule has 156 valence electrons. The van der Waals surface area contributed by atoms with Gasteiger partial charge in [-0.3, -0.25) is 4.79 Å². The van der Waals surface area contributed by atoms with Gasteiger partial charge in [0.25, 0.3) is 0 Å². The first kappa shape index (κ1) is 21.7. The molecule has 0 radical (unpaired) electrons. The predicted octanol–water partition coefficient (Wildman–Crippen LogP) is 4.42. The van der Waals surface area contributed by atoms with Gasteiger partial charge in [-0.2, -0.15) is 0 Å². The van der Waals surface area contributed by atoms with Crippen LogP contribution in [0.15, 0.2) is 48.5 Å². The summed E-state index contributed by atoms with van der Waals surface area (Å²) in [4.78, 5) is 12.8. The van der Waals surface area contributed by atoms with Crippen molar-refractivity contribution in [3.8, 4) is 5.75 Å². The molecule has 2 heterocycles. The molecule has 4 rings (SSSR count). The lowest BCUT2D eigenvalue weighted by Gasteiger charge is -2.25. The van der Waals surface area contributed by atoms with Gasteiger partial charge in [0.05, 0.1) is 12.6 Å². The lowest BCUT2D eigenvalue weighted by molar-refractivity contribution is -0.121. The van der Waals surface area contributed by atoms with Gasteiger partial charge >= 0.3 is 0 Å². The molecule has 2 N–H and O–H groups in total. The van der Waals surface area contributed by atoms with Gasteiger partial charge in [-0.15, -0.1) is 12.4 Å². The van der Waals surface area contributed by atoms with Crippen molar-refractivity contribution < 1.29 is 9.53 Å². The Balaban J connectivity index is 0.00000240. The number of hydrogen-bond acceptors (Lipinski definition) is 3. The second-order valence-corrected chi connectivity index (χ2v) is 7.96. The first-order valence-corrected chi connectivity index (χ1v) is 10.6. The van der Waals surface area contributed by atoms with Crippen molar-refractivity contribution in [2.45, 2.75) is 44.6 Å². The van der Waals surface area contributed by atoms with Crippen molar-refractivity contribution in [2.75, 3.05) is 19.7 Å². The van der Waals surface area contributed by atoms with Gasteiger partial charge < -0.3 is 15.4 Å². The highest BCUT2D eigenvalue weighted by Crippen LogP contribution is 2.30. The van der Waals surface area contributed by atoms with Gasteiger partial charge in [-0.1, -0.05) is 36.4 Å². The van der Waals surface area contributed by atoms with Crippen LogP contribution in [0.4, 0.5) is 0 Å². The van der Waals surface area contributed by atoms with Crippen LogP contribution in [0.1, 0.15) is 54.8 Å². The third-order valence-corrected chi connectivity index (χ3v) is 5.94. The van der Waals surface area contributed by atoms with E-state index in [9.17, 15) is 4.79 Å². The number of aryl methyl sites for hydroxylation is 1. The monoisotopic (exact) mass is 414 g/mol. The second-order valence-electron chi connectivity index (χ2n) is 7.96. The third-order valence-electron chi connectivity index (χ3n) is 5.94. The van der Waals surface area contributed by atoms with Gasteiger partial charge in [0, 0.05) is 6.42 Å². The molecular formula is C24H31ClN2O2. The number of rotatable bonds is 6. The van der Waals surface area contributed by atoms with Crippen LogP contribution in [-0.2, 0) is 11.2 Å². The predicted molar refractivity (Wildman–Crippen MR) is 119 cm³/mol. The van der Waals surface area contributed by atoms with E-state index in [1.807, 2.05) is 18.2 Å². The zero-order valence-corrected chi connectivity index (χ0v) is 17.7. The molecule has 0 spiro atoms. The normalized spacial score (nSPS) is 17.4. The highest BCUT2D eigenvalue weighted by atomic mass is 35.5. The van der Waals surface area contributed by atoms with E-state index in [0.717, 1.165) is 55.8 Å². The van der Waals surface area contributed by atoms with E-state index >= 15 is 0 Å². The number of fused-ring (bicyclic) bond motifs is 1. The summed E-state index contributed by atoms with van der Waals surface area (Å²) in [7, 11) is 0. The van der Waals surface area contributed by atoms with E-state index in [0.29, 0.717) is 12.3 Å². The van der Waals surface area contributed by atoms with Crippen molar-refractivity contribution in [3.63, 3.8) is 0 Å². The number of carbonyl (C=O) groups excluding carboxylic acids is 1. The zero-order chi connectivity index (χ0) is 19.2. The van der Waals surface area contributed by atoms with Crippen LogP contribution in [0.3, 0.4) is 0 Å². The number of piperidine rings is 1. The number of nitrogens with one attached hydrogen (secondary N) is 2. The van der Waals surface area contributed by atoms with E-state index in [4.69, 9.17) is 4.74 Å². The lowest BCUT2D eigenvalue weighted by Crippen LogP contribution is -2.31. The fraction of sp³-hybridized carbons (Fsp3) is 0.458. The standard InChI is InChI=1S/C24H30N2O2.ClH/c27-23(11-8-18-12-14-25-15-13-18)26-24(19-5-2-1-3-6-19)21-9-10-22-20(17-21)7-4-16-28-22;/h1-3,5-6,9-10,17-18,24-25H,4,7-8,11-16H2,(H,26,27);1H. The highest BCUT2D eigenvalue weighted by molar-refractivity contribution is 5.85. The topological polar surface area (TPSA) is 50.4 Å². The van der Waals surface area contributed by atoms with Crippen LogP contribution in [0.25, 0.3) is 0 Å². The van der Waals surface area contributed by atoms with Crippen molar-refractivity contribution in [3.05, 3.63) is 65.2 Å². The third kappa shape index (κ3) is 5.74. The highest BCUT2D eigenvalue weighted by Gasteiger charge is 2.21. The Morgan fingerprint density at radius 3 is 2.69 bits per heavy atom. The number of benzene rings is 2. The summed E-state index contributed by atoms with van der Waals surface area (Å²) < 4.78 is 5.76. The van der Waals surface area contributed by atoms with Crippen molar-refractivity contribution >= 4 is 18.3 Å². The van der Waals surface area contributed by atoms with Crippen molar-refractivity contribution in [1.29, 1.82) is 0 Å². The molecule has 4 nitrogen and oxygen atoms in total. The average Bonchev–Trinajstić information content (AvgIpc) is 2.77. The molecule has 2 aromatic carbocycles. The Morgan fingerprint density at radius 2 is 1.90 bits per heavy atom. The molecule has 1 atom stereocenters. The molecule has 0 saturated carbocycles. The molecule has 2 aliphatic heterocycles. The SMILES string of the molecule is Cl.O=C(CCC1CCNCC1)NC(c1ccccc1)c1ccc2c(c1)CCCO2. The molecule has 29 heavy (non-hydrogen) atoms. The minimum atomic E-state index is -0.117. The first-order valence-electron chi connectivity index (χ1n) is 10.6. The van der Waals surface area contributed by atoms with Gasteiger partial charge in [0.2, 0.25) is 5.91 Å². The molecule has 0 bridgehead atoms. The quantitative estimate of drug-likeness (QED) is 0.735. The van der Waals surface area contributed by atoms with Crippen LogP contribution in [0.2, 0.25) is 0 Å². The van der Waals surface area contributed by atoms with E-state index in [1.165, 1.54) is 18.4 Å². The fourth-order valence-corrected chi connectivity index (χ4v) is 4.30. The Kier molecular flexibility index (Phi) is 7.96. The number of halogens is 1. The molecule has 2 aliphatic rings. The molecule has 1 fully saturated rings. The maximum atomic E-state index is 12.8. The zero-order valence-electron chi connectivity index (χ0n) is 16.9. The van der Waals surface area contributed by atoms with Crippen LogP contribution in [0, 0.1) is 5.92 Å². The Labute approximate surface area is 179 Å². The lowest BCUT2D eigenvalue weighted by atomic mass is 9.92. The number of ether oxygens (including phenoxy) is 1. The number of hydrogen-bond donors (Lipinski definition) is 2. The molecule has 1 saturated heterocycles. The van der Waals surface area contributed by atoms with Crippen molar-refractivity contribution in [2.24, 2.45) is 5.92 Å². The summed E-state index contributed by atoms with van der Waals surface area (Å²) in [6.45, 7) is 2.95. The number of amides is 1. The smallest absolute Gasteiger partial charge is 0.220 e. The molecular weight excluding hydrogens is 384 g/mol. The van der Waals surface area contributed by atoms with Gasteiger partial charge in [0.15, 0.2) is 0 Å². The Morgan fingerprint density at radius 1 is 1.10 bits per heavy atom. The molecule has 0 aromatic heterocycles. The number of carbonyl (C=O) groups is 1. The van der Waals surface area contributed by atoms with E-state index < -0.39 is 0 Å². The minimum absolute atomic E-state index is 0.